The molecule has 108 valence electrons. The first-order valence-electron chi connectivity index (χ1n) is 5.98. The minimum absolute atomic E-state index is 0.141. The molecule has 1 aromatic carbocycles. The van der Waals surface area contributed by atoms with Gasteiger partial charge in [0.2, 0.25) is 11.6 Å². The van der Waals surface area contributed by atoms with Gasteiger partial charge in [-0.2, -0.15) is 0 Å². The molecule has 0 aliphatic carbocycles. The molecule has 0 bridgehead atoms. The number of nitrogens with zero attached hydrogens (tertiary/aromatic N) is 3. The first kappa shape index (κ1) is 15.2. The van der Waals surface area contributed by atoms with Gasteiger partial charge in [0, 0.05) is 15.8 Å². The minimum atomic E-state index is -0.513. The second kappa shape index (κ2) is 6.97. The molecule has 2 aromatic rings. The van der Waals surface area contributed by atoms with Crippen LogP contribution in [0.15, 0.2) is 43.2 Å². The monoisotopic (exact) mass is 397 g/mol. The summed E-state index contributed by atoms with van der Waals surface area (Å²) in [5, 5.41) is 17.0. The third kappa shape index (κ3) is 3.88. The van der Waals surface area contributed by atoms with Crippen LogP contribution >= 0.6 is 22.6 Å². The van der Waals surface area contributed by atoms with Crippen LogP contribution in [0.1, 0.15) is 0 Å². The second-order valence-corrected chi connectivity index (χ2v) is 5.22. The zero-order chi connectivity index (χ0) is 15.2. The number of hydrogen-bond donors (Lipinski definition) is 2. The van der Waals surface area contributed by atoms with Crippen LogP contribution in [0.2, 0.25) is 0 Å². The molecule has 7 nitrogen and oxygen atoms in total. The average molecular weight is 397 g/mol. The number of hydrogen-bond acceptors (Lipinski definition) is 6. The zero-order valence-corrected chi connectivity index (χ0v) is 13.1. The van der Waals surface area contributed by atoms with Crippen molar-refractivity contribution >= 4 is 45.6 Å². The molecular weight excluding hydrogens is 385 g/mol. The lowest BCUT2D eigenvalue weighted by atomic mass is 10.3. The van der Waals surface area contributed by atoms with E-state index in [1.807, 2.05) is 24.3 Å². The Morgan fingerprint density at radius 2 is 1.95 bits per heavy atom. The van der Waals surface area contributed by atoms with Crippen molar-refractivity contribution in [1.82, 2.24) is 9.97 Å². The van der Waals surface area contributed by atoms with Gasteiger partial charge < -0.3 is 10.6 Å². The van der Waals surface area contributed by atoms with Gasteiger partial charge in [-0.1, -0.05) is 6.08 Å². The minimum Gasteiger partial charge on any atom is -0.361 e. The fourth-order valence-corrected chi connectivity index (χ4v) is 1.97. The van der Waals surface area contributed by atoms with Crippen molar-refractivity contribution in [3.8, 4) is 0 Å². The predicted octanol–water partition coefficient (Wildman–Crippen LogP) is 3.33. The Hall–Kier alpha value is -2.23. The molecule has 0 saturated heterocycles. The number of benzene rings is 1. The van der Waals surface area contributed by atoms with Crippen LogP contribution in [-0.4, -0.2) is 21.4 Å². The summed E-state index contributed by atoms with van der Waals surface area (Å²) >= 11 is 2.18. The maximum Gasteiger partial charge on any atom is 0.353 e. The zero-order valence-electron chi connectivity index (χ0n) is 10.9. The SMILES string of the molecule is C=CCNc1ncnc(Nc2ccc(I)cc2)c1[N+](=O)[O-]. The van der Waals surface area contributed by atoms with E-state index in [2.05, 4.69) is 49.8 Å². The van der Waals surface area contributed by atoms with Gasteiger partial charge in [0.15, 0.2) is 0 Å². The highest BCUT2D eigenvalue weighted by Gasteiger charge is 2.22. The fourth-order valence-electron chi connectivity index (χ4n) is 1.61. The van der Waals surface area contributed by atoms with Crippen LogP contribution < -0.4 is 10.6 Å². The van der Waals surface area contributed by atoms with Crippen LogP contribution in [0.3, 0.4) is 0 Å². The van der Waals surface area contributed by atoms with Crippen LogP contribution in [0, 0.1) is 13.7 Å². The van der Waals surface area contributed by atoms with Crippen LogP contribution in [0.4, 0.5) is 23.0 Å². The number of halogens is 1. The van der Waals surface area contributed by atoms with Crippen LogP contribution in [0.5, 0.6) is 0 Å². The molecule has 0 saturated carbocycles. The third-order valence-electron chi connectivity index (χ3n) is 2.53. The Kier molecular flexibility index (Phi) is 5.04. The third-order valence-corrected chi connectivity index (χ3v) is 3.24. The summed E-state index contributed by atoms with van der Waals surface area (Å²) in [5.74, 6) is 0.297. The Bertz CT molecular complexity index is 660. The Morgan fingerprint density at radius 1 is 1.29 bits per heavy atom. The van der Waals surface area contributed by atoms with Gasteiger partial charge in [0.05, 0.1) is 4.92 Å². The van der Waals surface area contributed by atoms with Crippen molar-refractivity contribution in [3.63, 3.8) is 0 Å². The van der Waals surface area contributed by atoms with E-state index in [0.717, 1.165) is 3.57 Å². The molecule has 0 unspecified atom stereocenters. The molecule has 0 spiro atoms. The van der Waals surface area contributed by atoms with Gasteiger partial charge >= 0.3 is 5.69 Å². The highest BCUT2D eigenvalue weighted by molar-refractivity contribution is 14.1. The smallest absolute Gasteiger partial charge is 0.353 e. The van der Waals surface area contributed by atoms with Crippen molar-refractivity contribution in [2.75, 3.05) is 17.2 Å². The van der Waals surface area contributed by atoms with E-state index in [1.165, 1.54) is 6.33 Å². The lowest BCUT2D eigenvalue weighted by Crippen LogP contribution is -2.08. The van der Waals surface area contributed by atoms with Gasteiger partial charge in [0.1, 0.15) is 6.33 Å². The van der Waals surface area contributed by atoms with E-state index < -0.39 is 4.92 Å². The first-order valence-corrected chi connectivity index (χ1v) is 7.06. The molecular formula is C13H12IN5O2. The Labute approximate surface area is 134 Å². The molecule has 1 aromatic heterocycles. The van der Waals surface area contributed by atoms with E-state index in [1.54, 1.807) is 6.08 Å². The van der Waals surface area contributed by atoms with Gasteiger partial charge in [-0.05, 0) is 46.9 Å². The first-order chi connectivity index (χ1) is 10.1. The summed E-state index contributed by atoms with van der Waals surface area (Å²) in [4.78, 5) is 18.6. The molecule has 0 atom stereocenters. The summed E-state index contributed by atoms with van der Waals surface area (Å²) in [6.07, 6.45) is 2.87. The van der Waals surface area contributed by atoms with Gasteiger partial charge in [-0.15, -0.1) is 6.58 Å². The number of aromatic nitrogens is 2. The summed E-state index contributed by atoms with van der Waals surface area (Å²) in [5.41, 5.74) is 0.518. The second-order valence-electron chi connectivity index (χ2n) is 3.98. The Morgan fingerprint density at radius 3 is 2.57 bits per heavy atom. The summed E-state index contributed by atoms with van der Waals surface area (Å²) in [6, 6.07) is 7.44. The number of nitrogens with one attached hydrogen (secondary N) is 2. The molecule has 0 fully saturated rings. The maximum absolute atomic E-state index is 11.3. The molecule has 0 amide bonds. The largest absolute Gasteiger partial charge is 0.361 e. The normalized spacial score (nSPS) is 9.95. The quantitative estimate of drug-likeness (QED) is 0.336. The molecule has 0 aliphatic heterocycles. The number of anilines is 3. The molecule has 2 N–H and O–H groups in total. The van der Waals surface area contributed by atoms with Gasteiger partial charge in [-0.25, -0.2) is 9.97 Å². The predicted molar refractivity (Wildman–Crippen MR) is 89.8 cm³/mol. The highest BCUT2D eigenvalue weighted by Crippen LogP contribution is 2.31. The van der Waals surface area contributed by atoms with Crippen LogP contribution in [0.25, 0.3) is 0 Å². The standard InChI is InChI=1S/C13H12IN5O2/c1-2-7-15-12-11(19(20)21)13(17-8-16-12)18-10-5-3-9(14)4-6-10/h2-6,8H,1,7H2,(H2,15,16,17,18). The average Bonchev–Trinajstić information content (AvgIpc) is 2.47. The van der Waals surface area contributed by atoms with Gasteiger partial charge in [0.25, 0.3) is 0 Å². The van der Waals surface area contributed by atoms with E-state index in [0.29, 0.717) is 12.2 Å². The fraction of sp³-hybridized carbons (Fsp3) is 0.0769. The van der Waals surface area contributed by atoms with Gasteiger partial charge in [-0.3, -0.25) is 10.1 Å². The summed E-state index contributed by atoms with van der Waals surface area (Å²) in [6.45, 7) is 3.93. The summed E-state index contributed by atoms with van der Waals surface area (Å²) < 4.78 is 1.07. The summed E-state index contributed by atoms with van der Waals surface area (Å²) in [7, 11) is 0. The molecule has 2 rings (SSSR count). The molecule has 0 radical (unpaired) electrons. The van der Waals surface area contributed by atoms with E-state index in [9.17, 15) is 10.1 Å². The molecule has 8 heteroatoms. The van der Waals surface area contributed by atoms with E-state index in [-0.39, 0.29) is 17.3 Å². The van der Waals surface area contributed by atoms with Crippen molar-refractivity contribution in [2.24, 2.45) is 0 Å². The van der Waals surface area contributed by atoms with Crippen molar-refractivity contribution < 1.29 is 4.92 Å². The van der Waals surface area contributed by atoms with Crippen molar-refractivity contribution in [3.05, 3.63) is 56.9 Å². The maximum atomic E-state index is 11.3. The number of nitro groups is 1. The highest BCUT2D eigenvalue weighted by atomic mass is 127. The molecule has 1 heterocycles. The molecule has 0 aliphatic rings. The van der Waals surface area contributed by atoms with Crippen LogP contribution in [-0.2, 0) is 0 Å². The lowest BCUT2D eigenvalue weighted by molar-refractivity contribution is -0.383. The van der Waals surface area contributed by atoms with E-state index >= 15 is 0 Å². The van der Waals surface area contributed by atoms with E-state index in [4.69, 9.17) is 0 Å². The number of rotatable bonds is 6. The lowest BCUT2D eigenvalue weighted by Gasteiger charge is -2.09. The molecule has 21 heavy (non-hydrogen) atoms. The topological polar surface area (TPSA) is 93.0 Å². The van der Waals surface area contributed by atoms with Crippen molar-refractivity contribution in [2.45, 2.75) is 0 Å². The van der Waals surface area contributed by atoms with Crippen molar-refractivity contribution in [1.29, 1.82) is 0 Å². The Balaban J connectivity index is 2.35.